The fourth-order valence-electron chi connectivity index (χ4n) is 8.08. The summed E-state index contributed by atoms with van der Waals surface area (Å²) in [5.41, 5.74) is 11.9. The van der Waals surface area contributed by atoms with Crippen LogP contribution in [-0.2, 0) is 0 Å². The largest absolute Gasteiger partial charge is 0.309 e. The summed E-state index contributed by atoms with van der Waals surface area (Å²) in [5, 5.41) is 4.96. The van der Waals surface area contributed by atoms with Gasteiger partial charge in [0.2, 0.25) is 0 Å². The summed E-state index contributed by atoms with van der Waals surface area (Å²) in [6.07, 6.45) is 0. The molecule has 0 aliphatic rings. The number of fused-ring (bicyclic) bond motifs is 6. The molecule has 0 bridgehead atoms. The van der Waals surface area contributed by atoms with E-state index in [4.69, 9.17) is 15.0 Å². The molecule has 0 aliphatic carbocycles. The quantitative estimate of drug-likeness (QED) is 0.170. The van der Waals surface area contributed by atoms with E-state index >= 15 is 0 Å². The Balaban J connectivity index is 1.18. The molecule has 11 rings (SSSR count). The average Bonchev–Trinajstić information content (AvgIpc) is 3.82. The normalized spacial score (nSPS) is 11.6. The van der Waals surface area contributed by atoms with Crippen molar-refractivity contribution >= 4 is 53.3 Å². The van der Waals surface area contributed by atoms with E-state index in [2.05, 4.69) is 163 Å². The summed E-state index contributed by atoms with van der Waals surface area (Å²) >= 11 is 1.84. The Bertz CT molecular complexity index is 3230. The van der Waals surface area contributed by atoms with E-state index in [0.29, 0.717) is 17.5 Å². The van der Waals surface area contributed by atoms with Gasteiger partial charge in [-0.2, -0.15) is 0 Å². The lowest BCUT2D eigenvalue weighted by Crippen LogP contribution is -2.04. The van der Waals surface area contributed by atoms with Crippen LogP contribution in [0, 0.1) is 6.92 Å². The molecule has 268 valence electrons. The lowest BCUT2D eigenvalue weighted by atomic mass is 9.99. The third kappa shape index (κ3) is 5.79. The van der Waals surface area contributed by atoms with Crippen LogP contribution in [0.3, 0.4) is 0 Å². The van der Waals surface area contributed by atoms with E-state index in [-0.39, 0.29) is 0 Å². The van der Waals surface area contributed by atoms with Gasteiger partial charge in [0.05, 0.1) is 16.7 Å². The van der Waals surface area contributed by atoms with Gasteiger partial charge in [0.15, 0.2) is 17.5 Å². The summed E-state index contributed by atoms with van der Waals surface area (Å²) in [6.45, 7) is 2.13. The van der Waals surface area contributed by atoms with E-state index in [1.54, 1.807) is 0 Å². The third-order valence-corrected chi connectivity index (χ3v) is 12.1. The van der Waals surface area contributed by atoms with Crippen LogP contribution in [0.15, 0.2) is 188 Å². The lowest BCUT2D eigenvalue weighted by molar-refractivity contribution is 1.06. The molecule has 4 nitrogen and oxygen atoms in total. The molecule has 3 aromatic heterocycles. The molecule has 5 heteroatoms. The summed E-state index contributed by atoms with van der Waals surface area (Å²) in [4.78, 5) is 15.6. The zero-order valence-electron chi connectivity index (χ0n) is 31.1. The van der Waals surface area contributed by atoms with Crippen LogP contribution >= 0.6 is 11.3 Å². The first kappa shape index (κ1) is 33.2. The van der Waals surface area contributed by atoms with Crippen LogP contribution in [-0.4, -0.2) is 19.5 Å². The van der Waals surface area contributed by atoms with Crippen molar-refractivity contribution in [2.45, 2.75) is 6.92 Å². The van der Waals surface area contributed by atoms with Crippen molar-refractivity contribution in [3.05, 3.63) is 194 Å². The zero-order chi connectivity index (χ0) is 37.9. The van der Waals surface area contributed by atoms with Gasteiger partial charge in [0.1, 0.15) is 0 Å². The van der Waals surface area contributed by atoms with Gasteiger partial charge in [-0.05, 0) is 71.6 Å². The number of aryl methyl sites for hydroxylation is 1. The molecule has 0 aliphatic heterocycles. The van der Waals surface area contributed by atoms with Crippen molar-refractivity contribution in [3.63, 3.8) is 0 Å². The Morgan fingerprint density at radius 1 is 0.368 bits per heavy atom. The highest BCUT2D eigenvalue weighted by molar-refractivity contribution is 7.25. The van der Waals surface area contributed by atoms with Crippen LogP contribution in [0.1, 0.15) is 5.56 Å². The smallest absolute Gasteiger partial charge is 0.166 e. The maximum atomic E-state index is 5.27. The van der Waals surface area contributed by atoms with Gasteiger partial charge in [-0.1, -0.05) is 151 Å². The average molecular weight is 747 g/mol. The van der Waals surface area contributed by atoms with Gasteiger partial charge in [-0.15, -0.1) is 11.3 Å². The number of aromatic nitrogens is 4. The van der Waals surface area contributed by atoms with Crippen LogP contribution in [0.5, 0.6) is 0 Å². The second kappa shape index (κ2) is 13.5. The first-order chi connectivity index (χ1) is 28.1. The molecule has 0 saturated carbocycles. The third-order valence-electron chi connectivity index (χ3n) is 10.9. The molecule has 0 N–H and O–H groups in total. The minimum Gasteiger partial charge on any atom is -0.309 e. The Labute approximate surface area is 334 Å². The van der Waals surface area contributed by atoms with Crippen LogP contribution in [0.4, 0.5) is 0 Å². The van der Waals surface area contributed by atoms with Crippen molar-refractivity contribution in [3.8, 4) is 62.1 Å². The van der Waals surface area contributed by atoms with Gasteiger partial charge in [0, 0.05) is 47.6 Å². The number of hydrogen-bond acceptors (Lipinski definition) is 4. The molecule has 8 aromatic carbocycles. The van der Waals surface area contributed by atoms with E-state index in [1.807, 2.05) is 47.7 Å². The Hall–Kier alpha value is -7.21. The topological polar surface area (TPSA) is 43.6 Å². The molecule has 0 fully saturated rings. The molecule has 0 unspecified atom stereocenters. The summed E-state index contributed by atoms with van der Waals surface area (Å²) in [6, 6.07) is 66.9. The van der Waals surface area contributed by atoms with Gasteiger partial charge < -0.3 is 4.57 Å². The number of nitrogens with zero attached hydrogens (tertiary/aromatic N) is 4. The number of benzene rings is 8. The Morgan fingerprint density at radius 3 is 1.67 bits per heavy atom. The highest BCUT2D eigenvalue weighted by atomic mass is 32.1. The summed E-state index contributed by atoms with van der Waals surface area (Å²) < 4.78 is 4.94. The molecule has 0 amide bonds. The number of rotatable bonds is 6. The van der Waals surface area contributed by atoms with Crippen LogP contribution < -0.4 is 0 Å². The maximum Gasteiger partial charge on any atom is 0.166 e. The minimum atomic E-state index is 0.615. The zero-order valence-corrected chi connectivity index (χ0v) is 31.9. The van der Waals surface area contributed by atoms with Gasteiger partial charge >= 0.3 is 0 Å². The first-order valence-electron chi connectivity index (χ1n) is 19.2. The summed E-state index contributed by atoms with van der Waals surface area (Å²) in [5.74, 6) is 1.88. The van der Waals surface area contributed by atoms with Gasteiger partial charge in [-0.3, -0.25) is 0 Å². The molecule has 0 spiro atoms. The predicted molar refractivity (Wildman–Crippen MR) is 239 cm³/mol. The Kier molecular flexibility index (Phi) is 7.86. The molecule has 0 radical (unpaired) electrons. The monoisotopic (exact) mass is 746 g/mol. The van der Waals surface area contributed by atoms with Crippen LogP contribution in [0.25, 0.3) is 104 Å². The molecule has 0 saturated heterocycles. The van der Waals surface area contributed by atoms with Crippen molar-refractivity contribution in [2.75, 3.05) is 0 Å². The van der Waals surface area contributed by atoms with Gasteiger partial charge in [0.25, 0.3) is 0 Å². The van der Waals surface area contributed by atoms with E-state index in [1.165, 1.54) is 47.6 Å². The van der Waals surface area contributed by atoms with Crippen molar-refractivity contribution < 1.29 is 0 Å². The number of thiophene rings is 1. The fraction of sp³-hybridized carbons (Fsp3) is 0.0192. The molecule has 3 heterocycles. The summed E-state index contributed by atoms with van der Waals surface area (Å²) in [7, 11) is 0. The lowest BCUT2D eigenvalue weighted by Gasteiger charge is -2.16. The van der Waals surface area contributed by atoms with Crippen molar-refractivity contribution in [1.82, 2.24) is 19.5 Å². The highest BCUT2D eigenvalue weighted by Crippen LogP contribution is 2.41. The van der Waals surface area contributed by atoms with Crippen LogP contribution in [0.2, 0.25) is 0 Å². The fourth-order valence-corrected chi connectivity index (χ4v) is 9.23. The maximum absolute atomic E-state index is 5.27. The second-order valence-corrected chi connectivity index (χ2v) is 15.6. The van der Waals surface area contributed by atoms with E-state index in [0.717, 1.165) is 44.5 Å². The standard InChI is InChI=1S/C52H34N4S/c1-33-20-22-34(23-21-33)37-25-28-46-43(30-37)40-16-8-10-18-45(40)56(46)47-29-26-38(39-24-27-42-41-17-9-11-19-48(41)57-49(42)32-39)31-44(47)52-54-50(35-12-4-2-5-13-35)53-51(55-52)36-14-6-3-7-15-36/h2-32H,1H3. The number of para-hydroxylation sites is 1. The van der Waals surface area contributed by atoms with Gasteiger partial charge in [-0.25, -0.2) is 15.0 Å². The highest BCUT2D eigenvalue weighted by Gasteiger charge is 2.21. The predicted octanol–water partition coefficient (Wildman–Crippen LogP) is 14.0. The first-order valence-corrected chi connectivity index (χ1v) is 20.0. The minimum absolute atomic E-state index is 0.615. The van der Waals surface area contributed by atoms with E-state index in [9.17, 15) is 0 Å². The van der Waals surface area contributed by atoms with E-state index < -0.39 is 0 Å². The number of hydrogen-bond donors (Lipinski definition) is 0. The molecule has 57 heavy (non-hydrogen) atoms. The second-order valence-electron chi connectivity index (χ2n) is 14.5. The molecular weight excluding hydrogens is 713 g/mol. The molecule has 0 atom stereocenters. The Morgan fingerprint density at radius 2 is 0.912 bits per heavy atom. The van der Waals surface area contributed by atoms with Crippen molar-refractivity contribution in [2.24, 2.45) is 0 Å². The van der Waals surface area contributed by atoms with Crippen molar-refractivity contribution in [1.29, 1.82) is 0 Å². The molecular formula is C52H34N4S. The molecule has 11 aromatic rings. The SMILES string of the molecule is Cc1ccc(-c2ccc3c(c2)c2ccccc2n3-c2ccc(-c3ccc4c(c3)sc3ccccc34)cc2-c2nc(-c3ccccc3)nc(-c3ccccc3)n2)cc1.